The van der Waals surface area contributed by atoms with Crippen LogP contribution in [0.25, 0.3) is 17.2 Å². The van der Waals surface area contributed by atoms with E-state index in [1.165, 1.54) is 22.3 Å². The van der Waals surface area contributed by atoms with E-state index in [0.29, 0.717) is 19.6 Å². The van der Waals surface area contributed by atoms with Crippen molar-refractivity contribution in [3.8, 4) is 11.1 Å². The van der Waals surface area contributed by atoms with Crippen molar-refractivity contribution < 1.29 is 19.0 Å². The summed E-state index contributed by atoms with van der Waals surface area (Å²) in [4.78, 5) is 12.3. The molecule has 0 aromatic heterocycles. The molecule has 1 aliphatic carbocycles. The molecule has 3 aromatic rings. The number of ether oxygens (including phenoxy) is 3. The highest BCUT2D eigenvalue weighted by atomic mass is 16.7. The van der Waals surface area contributed by atoms with E-state index < -0.39 is 12.4 Å². The quantitative estimate of drug-likeness (QED) is 0.329. The van der Waals surface area contributed by atoms with Gasteiger partial charge in [0.05, 0.1) is 0 Å². The molecule has 1 aliphatic rings. The minimum atomic E-state index is -0.412. The number of fused-ring (bicyclic) bond motifs is 3. The van der Waals surface area contributed by atoms with E-state index in [1.54, 1.807) is 14.2 Å². The minimum absolute atomic E-state index is 0.0639. The summed E-state index contributed by atoms with van der Waals surface area (Å²) in [6, 6.07) is 24.5. The van der Waals surface area contributed by atoms with E-state index >= 15 is 0 Å². The first-order valence-corrected chi connectivity index (χ1v) is 11.1. The number of hydrogen-bond donors (Lipinski definition) is 1. The van der Waals surface area contributed by atoms with Gasteiger partial charge in [-0.15, -0.1) is 0 Å². The molecule has 0 unspecified atom stereocenters. The number of benzene rings is 3. The third kappa shape index (κ3) is 5.16. The van der Waals surface area contributed by atoms with Crippen molar-refractivity contribution in [2.75, 3.05) is 27.4 Å². The van der Waals surface area contributed by atoms with Gasteiger partial charge in [0.2, 0.25) is 0 Å². The van der Waals surface area contributed by atoms with E-state index in [0.717, 1.165) is 11.1 Å². The molecule has 33 heavy (non-hydrogen) atoms. The van der Waals surface area contributed by atoms with Gasteiger partial charge in [-0.3, -0.25) is 0 Å². The molecule has 1 amide bonds. The summed E-state index contributed by atoms with van der Waals surface area (Å²) in [5, 5.41) is 2.84. The number of amides is 1. The zero-order valence-electron chi connectivity index (χ0n) is 19.0. The van der Waals surface area contributed by atoms with Crippen LogP contribution in [0.15, 0.2) is 78.9 Å². The van der Waals surface area contributed by atoms with Crippen molar-refractivity contribution in [1.82, 2.24) is 5.32 Å². The second-order valence-corrected chi connectivity index (χ2v) is 7.88. The maximum atomic E-state index is 12.3. The van der Waals surface area contributed by atoms with Gasteiger partial charge in [-0.05, 0) is 34.2 Å². The Kier molecular flexibility index (Phi) is 7.55. The summed E-state index contributed by atoms with van der Waals surface area (Å²) in [6.45, 7) is 0.811. The van der Waals surface area contributed by atoms with Crippen LogP contribution in [0.4, 0.5) is 4.79 Å². The number of hydrogen-bond acceptors (Lipinski definition) is 4. The van der Waals surface area contributed by atoms with Crippen LogP contribution in [0.2, 0.25) is 0 Å². The van der Waals surface area contributed by atoms with Gasteiger partial charge in [0.15, 0.2) is 6.29 Å². The fraction of sp³-hybridized carbons (Fsp3) is 0.250. The zero-order valence-corrected chi connectivity index (χ0v) is 19.0. The van der Waals surface area contributed by atoms with Crippen LogP contribution >= 0.6 is 0 Å². The summed E-state index contributed by atoms with van der Waals surface area (Å²) < 4.78 is 16.3. The SMILES string of the molecule is COC(OC)c1ccccc1C=CCCNC(=O)OCC1c2ccccc2-c2ccccc21. The van der Waals surface area contributed by atoms with Gasteiger partial charge in [0, 0.05) is 32.2 Å². The van der Waals surface area contributed by atoms with Gasteiger partial charge >= 0.3 is 6.09 Å². The molecule has 0 aliphatic heterocycles. The van der Waals surface area contributed by atoms with Crippen molar-refractivity contribution in [3.05, 3.63) is 101 Å². The molecule has 0 spiro atoms. The minimum Gasteiger partial charge on any atom is -0.449 e. The first kappa shape index (κ1) is 22.8. The molecule has 170 valence electrons. The third-order valence-corrected chi connectivity index (χ3v) is 5.90. The Morgan fingerprint density at radius 1 is 0.909 bits per heavy atom. The van der Waals surface area contributed by atoms with Crippen molar-refractivity contribution in [2.45, 2.75) is 18.6 Å². The van der Waals surface area contributed by atoms with Crippen LogP contribution in [-0.4, -0.2) is 33.5 Å². The lowest BCUT2D eigenvalue weighted by Gasteiger charge is -2.16. The zero-order chi connectivity index (χ0) is 23.0. The van der Waals surface area contributed by atoms with Crippen LogP contribution in [0.5, 0.6) is 0 Å². The predicted molar refractivity (Wildman–Crippen MR) is 130 cm³/mol. The van der Waals surface area contributed by atoms with Crippen LogP contribution in [0.1, 0.15) is 40.9 Å². The summed E-state index contributed by atoms with van der Waals surface area (Å²) >= 11 is 0. The lowest BCUT2D eigenvalue weighted by Crippen LogP contribution is -2.26. The molecule has 0 heterocycles. The molecule has 0 radical (unpaired) electrons. The third-order valence-electron chi connectivity index (χ3n) is 5.90. The average Bonchev–Trinajstić information content (AvgIpc) is 3.18. The highest BCUT2D eigenvalue weighted by molar-refractivity contribution is 5.79. The number of methoxy groups -OCH3 is 2. The molecule has 0 bridgehead atoms. The van der Waals surface area contributed by atoms with Gasteiger partial charge in [0.25, 0.3) is 0 Å². The fourth-order valence-corrected chi connectivity index (χ4v) is 4.34. The van der Waals surface area contributed by atoms with Gasteiger partial charge < -0.3 is 19.5 Å². The molecule has 0 saturated carbocycles. The average molecular weight is 444 g/mol. The molecule has 0 fully saturated rings. The van der Waals surface area contributed by atoms with Crippen LogP contribution in [-0.2, 0) is 14.2 Å². The molecule has 3 aromatic carbocycles. The summed E-state index contributed by atoms with van der Waals surface area (Å²) in [5.41, 5.74) is 6.83. The highest BCUT2D eigenvalue weighted by Crippen LogP contribution is 2.44. The topological polar surface area (TPSA) is 56.8 Å². The number of nitrogens with one attached hydrogen (secondary N) is 1. The number of carbonyl (C=O) groups is 1. The Bertz CT molecular complexity index is 1070. The van der Waals surface area contributed by atoms with Gasteiger partial charge in [-0.2, -0.15) is 0 Å². The highest BCUT2D eigenvalue weighted by Gasteiger charge is 2.28. The van der Waals surface area contributed by atoms with Crippen molar-refractivity contribution in [2.24, 2.45) is 0 Å². The normalized spacial score (nSPS) is 12.7. The molecule has 0 atom stereocenters. The first-order valence-electron chi connectivity index (χ1n) is 11.1. The fourth-order valence-electron chi connectivity index (χ4n) is 4.34. The molecule has 1 N–H and O–H groups in total. The first-order chi connectivity index (χ1) is 16.2. The molecular weight excluding hydrogens is 414 g/mol. The summed E-state index contributed by atoms with van der Waals surface area (Å²) in [6.07, 6.45) is 3.91. The van der Waals surface area contributed by atoms with E-state index in [1.807, 2.05) is 60.7 Å². The van der Waals surface area contributed by atoms with Crippen molar-refractivity contribution >= 4 is 12.2 Å². The predicted octanol–water partition coefficient (Wildman–Crippen LogP) is 5.92. The Balaban J connectivity index is 1.28. The van der Waals surface area contributed by atoms with Gasteiger partial charge in [-0.1, -0.05) is 84.9 Å². The van der Waals surface area contributed by atoms with Crippen LogP contribution < -0.4 is 5.32 Å². The number of carbonyl (C=O) groups excluding carboxylic acids is 1. The van der Waals surface area contributed by atoms with E-state index in [9.17, 15) is 4.79 Å². The van der Waals surface area contributed by atoms with Crippen LogP contribution in [0.3, 0.4) is 0 Å². The standard InChI is InChI=1S/C28H29NO4/c1-31-27(32-2)21-13-4-3-11-20(21)12-9-10-18-29-28(30)33-19-26-24-16-7-5-14-22(24)23-15-6-8-17-25(23)26/h3-9,11-17,26-27H,10,18-19H2,1-2H3,(H,29,30). The molecule has 0 saturated heterocycles. The number of alkyl carbamates (subject to hydrolysis) is 1. The second-order valence-electron chi connectivity index (χ2n) is 7.88. The lowest BCUT2D eigenvalue weighted by atomic mass is 9.98. The molecule has 4 rings (SSSR count). The largest absolute Gasteiger partial charge is 0.449 e. The van der Waals surface area contributed by atoms with Gasteiger partial charge in [-0.25, -0.2) is 4.79 Å². The summed E-state index contributed by atoms with van der Waals surface area (Å²) in [7, 11) is 3.24. The van der Waals surface area contributed by atoms with E-state index in [4.69, 9.17) is 14.2 Å². The van der Waals surface area contributed by atoms with Crippen molar-refractivity contribution in [1.29, 1.82) is 0 Å². The maximum Gasteiger partial charge on any atom is 0.407 e. The maximum absolute atomic E-state index is 12.3. The Labute approximate surface area is 195 Å². The molecular formula is C28H29NO4. The second kappa shape index (κ2) is 10.9. The van der Waals surface area contributed by atoms with E-state index in [2.05, 4.69) is 29.6 Å². The molecule has 5 heteroatoms. The molecule has 5 nitrogen and oxygen atoms in total. The summed E-state index contributed by atoms with van der Waals surface area (Å²) in [5.74, 6) is 0.0639. The Morgan fingerprint density at radius 2 is 1.52 bits per heavy atom. The van der Waals surface area contributed by atoms with E-state index in [-0.39, 0.29) is 5.92 Å². The Morgan fingerprint density at radius 3 is 2.18 bits per heavy atom. The monoisotopic (exact) mass is 443 g/mol. The number of rotatable bonds is 9. The van der Waals surface area contributed by atoms with Crippen LogP contribution in [0, 0.1) is 0 Å². The Hall–Kier alpha value is -3.41. The lowest BCUT2D eigenvalue weighted by molar-refractivity contribution is -0.106. The van der Waals surface area contributed by atoms with Gasteiger partial charge in [0.1, 0.15) is 6.61 Å². The van der Waals surface area contributed by atoms with Crippen molar-refractivity contribution in [3.63, 3.8) is 0 Å². The smallest absolute Gasteiger partial charge is 0.407 e.